The van der Waals surface area contributed by atoms with Crippen molar-refractivity contribution in [2.45, 2.75) is 6.54 Å². The van der Waals surface area contributed by atoms with Crippen LogP contribution in [0.4, 0.5) is 0 Å². The number of nitrogens with one attached hydrogen (secondary N) is 1. The van der Waals surface area contributed by atoms with E-state index >= 15 is 0 Å². The molecule has 3 N–H and O–H groups in total. The normalized spacial score (nSPS) is 9.70. The van der Waals surface area contributed by atoms with Crippen LogP contribution in [0.1, 0.15) is 21.6 Å². The largest absolute Gasteiger partial charge is 0.346 e. The monoisotopic (exact) mass is 268 g/mol. The van der Waals surface area contributed by atoms with Gasteiger partial charge in [-0.1, -0.05) is 24.0 Å². The summed E-state index contributed by atoms with van der Waals surface area (Å²) in [6, 6.07) is 9.06. The molecule has 0 aliphatic heterocycles. The molecule has 20 heavy (non-hydrogen) atoms. The SMILES string of the molecule is Cn1ccc(CNC(=O)c2ccccc2C#CCN)n1. The van der Waals surface area contributed by atoms with Crippen molar-refractivity contribution >= 4 is 5.91 Å². The maximum Gasteiger partial charge on any atom is 0.252 e. The molecule has 0 unspecified atom stereocenters. The summed E-state index contributed by atoms with van der Waals surface area (Å²) in [7, 11) is 1.84. The molecule has 0 saturated carbocycles. The van der Waals surface area contributed by atoms with Crippen LogP contribution in [0.25, 0.3) is 0 Å². The first kappa shape index (κ1) is 13.8. The zero-order valence-corrected chi connectivity index (χ0v) is 11.3. The van der Waals surface area contributed by atoms with Crippen molar-refractivity contribution in [1.29, 1.82) is 0 Å². The molecule has 2 aromatic rings. The maximum absolute atomic E-state index is 12.2. The number of carbonyl (C=O) groups is 1. The number of hydrogen-bond donors (Lipinski definition) is 2. The second-order valence-electron chi connectivity index (χ2n) is 4.21. The van der Waals surface area contributed by atoms with E-state index in [4.69, 9.17) is 5.73 Å². The number of carbonyl (C=O) groups excluding carboxylic acids is 1. The molecule has 1 amide bonds. The van der Waals surface area contributed by atoms with E-state index < -0.39 is 0 Å². The Balaban J connectivity index is 2.09. The lowest BCUT2D eigenvalue weighted by atomic mass is 10.1. The molecule has 2 rings (SSSR count). The van der Waals surface area contributed by atoms with E-state index in [1.165, 1.54) is 0 Å². The number of hydrogen-bond acceptors (Lipinski definition) is 3. The summed E-state index contributed by atoms with van der Waals surface area (Å²) >= 11 is 0. The molecule has 0 aliphatic rings. The first-order chi connectivity index (χ1) is 9.70. The first-order valence-electron chi connectivity index (χ1n) is 6.25. The Morgan fingerprint density at radius 3 is 2.90 bits per heavy atom. The highest BCUT2D eigenvalue weighted by Gasteiger charge is 2.09. The minimum Gasteiger partial charge on any atom is -0.346 e. The van der Waals surface area contributed by atoms with Gasteiger partial charge in [0.25, 0.3) is 5.91 Å². The Morgan fingerprint density at radius 1 is 1.40 bits per heavy atom. The summed E-state index contributed by atoms with van der Waals surface area (Å²) in [5, 5.41) is 7.04. The summed E-state index contributed by atoms with van der Waals surface area (Å²) in [4.78, 5) is 12.2. The van der Waals surface area contributed by atoms with Crippen LogP contribution in [-0.4, -0.2) is 22.2 Å². The number of rotatable bonds is 3. The molecule has 0 bridgehead atoms. The molecule has 0 spiro atoms. The highest BCUT2D eigenvalue weighted by molar-refractivity contribution is 5.96. The van der Waals surface area contributed by atoms with Crippen LogP contribution in [0, 0.1) is 11.8 Å². The standard InChI is InChI=1S/C15H16N4O/c1-19-10-8-13(18-19)11-17-15(20)14-7-3-2-5-12(14)6-4-9-16/h2-3,5,7-8,10H,9,11,16H2,1H3,(H,17,20). The van der Waals surface area contributed by atoms with Crippen LogP contribution in [0.3, 0.4) is 0 Å². The zero-order chi connectivity index (χ0) is 14.4. The molecule has 5 nitrogen and oxygen atoms in total. The number of aromatic nitrogens is 2. The fourth-order valence-electron chi connectivity index (χ4n) is 1.76. The summed E-state index contributed by atoms with van der Waals surface area (Å²) in [6.45, 7) is 0.655. The average molecular weight is 268 g/mol. The Bertz CT molecular complexity index is 664. The molecule has 1 aromatic heterocycles. The Hall–Kier alpha value is -2.58. The topological polar surface area (TPSA) is 72.9 Å². The number of aryl methyl sites for hydroxylation is 1. The smallest absolute Gasteiger partial charge is 0.252 e. The van der Waals surface area contributed by atoms with Crippen LogP contribution in [0.2, 0.25) is 0 Å². The van der Waals surface area contributed by atoms with Crippen molar-refractivity contribution < 1.29 is 4.79 Å². The quantitative estimate of drug-likeness (QED) is 0.803. The third-order valence-corrected chi connectivity index (χ3v) is 2.70. The van der Waals surface area contributed by atoms with Crippen molar-refractivity contribution in [2.24, 2.45) is 12.8 Å². The molecule has 0 fully saturated rings. The van der Waals surface area contributed by atoms with Crippen LogP contribution >= 0.6 is 0 Å². The van der Waals surface area contributed by atoms with E-state index in [1.54, 1.807) is 16.8 Å². The van der Waals surface area contributed by atoms with Gasteiger partial charge in [-0.05, 0) is 18.2 Å². The third-order valence-electron chi connectivity index (χ3n) is 2.70. The van der Waals surface area contributed by atoms with Crippen molar-refractivity contribution in [3.05, 3.63) is 53.3 Å². The fraction of sp³-hybridized carbons (Fsp3) is 0.200. The van der Waals surface area contributed by atoms with E-state index in [9.17, 15) is 4.79 Å². The van der Waals surface area contributed by atoms with Crippen molar-refractivity contribution in [3.8, 4) is 11.8 Å². The number of nitrogens with zero attached hydrogens (tertiary/aromatic N) is 2. The molecule has 1 heterocycles. The molecule has 1 aromatic carbocycles. The van der Waals surface area contributed by atoms with E-state index in [-0.39, 0.29) is 12.5 Å². The summed E-state index contributed by atoms with van der Waals surface area (Å²) in [5.41, 5.74) is 7.39. The molecule has 0 radical (unpaired) electrons. The van der Waals surface area contributed by atoms with Crippen LogP contribution in [0.15, 0.2) is 36.5 Å². The Morgan fingerprint density at radius 2 is 2.20 bits per heavy atom. The third kappa shape index (κ3) is 3.46. The lowest BCUT2D eigenvalue weighted by molar-refractivity contribution is 0.0950. The zero-order valence-electron chi connectivity index (χ0n) is 11.3. The van der Waals surface area contributed by atoms with Crippen LogP contribution in [0.5, 0.6) is 0 Å². The van der Waals surface area contributed by atoms with Gasteiger partial charge in [0.1, 0.15) is 0 Å². The van der Waals surface area contributed by atoms with E-state index in [0.717, 1.165) is 5.69 Å². The van der Waals surface area contributed by atoms with Gasteiger partial charge in [0.05, 0.1) is 24.3 Å². The molecular formula is C15H16N4O. The fourth-order valence-corrected chi connectivity index (χ4v) is 1.76. The summed E-state index contributed by atoms with van der Waals surface area (Å²) < 4.78 is 1.70. The van der Waals surface area contributed by atoms with Crippen LogP contribution in [-0.2, 0) is 13.6 Å². The average Bonchev–Trinajstić information content (AvgIpc) is 2.88. The lowest BCUT2D eigenvalue weighted by Gasteiger charge is -2.05. The molecule has 5 heteroatoms. The summed E-state index contributed by atoms with van der Waals surface area (Å²) in [6.07, 6.45) is 1.84. The molecule has 0 atom stereocenters. The highest BCUT2D eigenvalue weighted by Crippen LogP contribution is 2.07. The molecule has 0 saturated heterocycles. The lowest BCUT2D eigenvalue weighted by Crippen LogP contribution is -2.24. The predicted octanol–water partition coefficient (Wildman–Crippen LogP) is 0.660. The first-order valence-corrected chi connectivity index (χ1v) is 6.25. The second-order valence-corrected chi connectivity index (χ2v) is 4.21. The van der Waals surface area contributed by atoms with E-state index in [0.29, 0.717) is 17.7 Å². The minimum absolute atomic E-state index is 0.169. The molecule has 102 valence electrons. The Kier molecular flexibility index (Phi) is 4.53. The van der Waals surface area contributed by atoms with Gasteiger partial charge in [0, 0.05) is 18.8 Å². The predicted molar refractivity (Wildman–Crippen MR) is 76.8 cm³/mol. The maximum atomic E-state index is 12.2. The Labute approximate surface area is 117 Å². The number of nitrogens with two attached hydrogens (primary N) is 1. The van der Waals surface area contributed by atoms with E-state index in [2.05, 4.69) is 22.3 Å². The minimum atomic E-state index is -0.169. The number of amides is 1. The van der Waals surface area contributed by atoms with Gasteiger partial charge in [-0.2, -0.15) is 5.10 Å². The van der Waals surface area contributed by atoms with Crippen molar-refractivity contribution in [3.63, 3.8) is 0 Å². The van der Waals surface area contributed by atoms with Gasteiger partial charge in [0.2, 0.25) is 0 Å². The van der Waals surface area contributed by atoms with E-state index in [1.807, 2.05) is 31.4 Å². The van der Waals surface area contributed by atoms with Gasteiger partial charge < -0.3 is 11.1 Å². The van der Waals surface area contributed by atoms with Crippen molar-refractivity contribution in [2.75, 3.05) is 6.54 Å². The van der Waals surface area contributed by atoms with Gasteiger partial charge in [-0.3, -0.25) is 9.48 Å². The van der Waals surface area contributed by atoms with Gasteiger partial charge >= 0.3 is 0 Å². The molecular weight excluding hydrogens is 252 g/mol. The highest BCUT2D eigenvalue weighted by atomic mass is 16.1. The van der Waals surface area contributed by atoms with Gasteiger partial charge in [0.15, 0.2) is 0 Å². The van der Waals surface area contributed by atoms with Gasteiger partial charge in [-0.15, -0.1) is 0 Å². The summed E-state index contributed by atoms with van der Waals surface area (Å²) in [5.74, 6) is 5.49. The van der Waals surface area contributed by atoms with Crippen molar-refractivity contribution in [1.82, 2.24) is 15.1 Å². The van der Waals surface area contributed by atoms with Crippen LogP contribution < -0.4 is 11.1 Å². The van der Waals surface area contributed by atoms with Gasteiger partial charge in [-0.25, -0.2) is 0 Å². The second kappa shape index (κ2) is 6.55. The molecule has 0 aliphatic carbocycles. The number of benzene rings is 1.